The summed E-state index contributed by atoms with van der Waals surface area (Å²) in [6.45, 7) is 2.80. The Bertz CT molecular complexity index is 420. The van der Waals surface area contributed by atoms with Crippen LogP contribution < -0.4 is 16.4 Å². The van der Waals surface area contributed by atoms with Gasteiger partial charge in [0, 0.05) is 19.5 Å². The zero-order valence-electron chi connectivity index (χ0n) is 11.9. The molecular formula is C15H23N3O2. The lowest BCUT2D eigenvalue weighted by Crippen LogP contribution is -2.41. The molecule has 1 aromatic carbocycles. The summed E-state index contributed by atoms with van der Waals surface area (Å²) >= 11 is 0. The number of benzene rings is 1. The molecule has 0 fully saturated rings. The lowest BCUT2D eigenvalue weighted by atomic mass is 10.1. The van der Waals surface area contributed by atoms with Gasteiger partial charge in [0.1, 0.15) is 0 Å². The van der Waals surface area contributed by atoms with E-state index in [0.29, 0.717) is 19.5 Å². The minimum atomic E-state index is -0.479. The second-order valence-electron chi connectivity index (χ2n) is 4.70. The van der Waals surface area contributed by atoms with Crippen molar-refractivity contribution in [1.29, 1.82) is 0 Å². The minimum absolute atomic E-state index is 0.0850. The van der Waals surface area contributed by atoms with Crippen LogP contribution in [0.15, 0.2) is 30.3 Å². The number of carbonyl (C=O) groups is 2. The molecular weight excluding hydrogens is 254 g/mol. The Morgan fingerprint density at radius 3 is 2.55 bits per heavy atom. The topological polar surface area (TPSA) is 84.2 Å². The molecule has 20 heavy (non-hydrogen) atoms. The average Bonchev–Trinajstić information content (AvgIpc) is 2.46. The summed E-state index contributed by atoms with van der Waals surface area (Å²) in [5.41, 5.74) is 6.72. The summed E-state index contributed by atoms with van der Waals surface area (Å²) in [7, 11) is 0. The normalized spacial score (nSPS) is 11.7. The second kappa shape index (κ2) is 9.09. The summed E-state index contributed by atoms with van der Waals surface area (Å²) in [6.07, 6.45) is 1.79. The van der Waals surface area contributed by atoms with E-state index in [4.69, 9.17) is 5.73 Å². The zero-order chi connectivity index (χ0) is 14.8. The summed E-state index contributed by atoms with van der Waals surface area (Å²) in [5.74, 6) is -0.277. The Morgan fingerprint density at radius 1 is 1.20 bits per heavy atom. The highest BCUT2D eigenvalue weighted by Gasteiger charge is 2.11. The number of amides is 2. The Labute approximate surface area is 119 Å². The molecule has 1 atom stereocenters. The van der Waals surface area contributed by atoms with Gasteiger partial charge in [-0.1, -0.05) is 43.7 Å². The van der Waals surface area contributed by atoms with Crippen molar-refractivity contribution < 1.29 is 9.59 Å². The number of nitrogens with two attached hydrogens (primary N) is 1. The molecule has 5 nitrogen and oxygen atoms in total. The van der Waals surface area contributed by atoms with E-state index in [1.165, 1.54) is 0 Å². The van der Waals surface area contributed by atoms with E-state index in [-0.39, 0.29) is 18.2 Å². The quantitative estimate of drug-likeness (QED) is 0.661. The maximum Gasteiger partial charge on any atom is 0.236 e. The van der Waals surface area contributed by atoms with Crippen LogP contribution in [0, 0.1) is 0 Å². The van der Waals surface area contributed by atoms with E-state index in [1.54, 1.807) is 0 Å². The number of hydrogen-bond acceptors (Lipinski definition) is 3. The van der Waals surface area contributed by atoms with Gasteiger partial charge in [0.2, 0.25) is 11.8 Å². The van der Waals surface area contributed by atoms with Gasteiger partial charge in [-0.3, -0.25) is 9.59 Å². The van der Waals surface area contributed by atoms with Crippen LogP contribution in [0.1, 0.15) is 31.7 Å². The van der Waals surface area contributed by atoms with Crippen LogP contribution in [0.25, 0.3) is 0 Å². The molecule has 0 spiro atoms. The van der Waals surface area contributed by atoms with Gasteiger partial charge in [-0.25, -0.2) is 0 Å². The molecule has 5 heteroatoms. The Hall–Kier alpha value is -1.88. The first-order chi connectivity index (χ1) is 9.63. The van der Waals surface area contributed by atoms with E-state index in [1.807, 2.05) is 37.3 Å². The van der Waals surface area contributed by atoms with E-state index in [2.05, 4.69) is 10.6 Å². The molecule has 0 aliphatic carbocycles. The third-order valence-electron chi connectivity index (χ3n) is 2.92. The molecule has 0 radical (unpaired) electrons. The third kappa shape index (κ3) is 6.33. The number of hydrogen-bond donors (Lipinski definition) is 3. The molecule has 0 bridgehead atoms. The van der Waals surface area contributed by atoms with Gasteiger partial charge >= 0.3 is 0 Å². The summed E-state index contributed by atoms with van der Waals surface area (Å²) in [4.78, 5) is 23.1. The SMILES string of the molecule is CCCC(N)C(=O)NCCC(=O)NCc1ccccc1. The Balaban J connectivity index is 2.16. The number of rotatable bonds is 8. The van der Waals surface area contributed by atoms with Crippen LogP contribution in [-0.2, 0) is 16.1 Å². The molecule has 0 saturated heterocycles. The lowest BCUT2D eigenvalue weighted by molar-refractivity contribution is -0.123. The van der Waals surface area contributed by atoms with Crippen LogP contribution in [0.3, 0.4) is 0 Å². The molecule has 110 valence electrons. The van der Waals surface area contributed by atoms with Crippen molar-refractivity contribution in [2.24, 2.45) is 5.73 Å². The van der Waals surface area contributed by atoms with Gasteiger partial charge in [-0.05, 0) is 12.0 Å². The molecule has 0 aliphatic heterocycles. The standard InChI is InChI=1S/C15H23N3O2/c1-2-6-13(16)15(20)17-10-9-14(19)18-11-12-7-4-3-5-8-12/h3-5,7-8,13H,2,6,9-11,16H2,1H3,(H,17,20)(H,18,19). The highest BCUT2D eigenvalue weighted by atomic mass is 16.2. The molecule has 0 saturated carbocycles. The second-order valence-corrected chi connectivity index (χ2v) is 4.70. The predicted molar refractivity (Wildman–Crippen MR) is 78.8 cm³/mol. The van der Waals surface area contributed by atoms with Gasteiger partial charge < -0.3 is 16.4 Å². The van der Waals surface area contributed by atoms with Crippen LogP contribution >= 0.6 is 0 Å². The first-order valence-electron chi connectivity index (χ1n) is 6.97. The monoisotopic (exact) mass is 277 g/mol. The first-order valence-corrected chi connectivity index (χ1v) is 6.97. The minimum Gasteiger partial charge on any atom is -0.354 e. The summed E-state index contributed by atoms with van der Waals surface area (Å²) < 4.78 is 0. The lowest BCUT2D eigenvalue weighted by Gasteiger charge is -2.11. The first kappa shape index (κ1) is 16.2. The fraction of sp³-hybridized carbons (Fsp3) is 0.467. The molecule has 0 aromatic heterocycles. The van der Waals surface area contributed by atoms with Crippen molar-refractivity contribution in [2.45, 2.75) is 38.8 Å². The molecule has 1 rings (SSSR count). The van der Waals surface area contributed by atoms with Gasteiger partial charge in [-0.15, -0.1) is 0 Å². The molecule has 4 N–H and O–H groups in total. The predicted octanol–water partition coefficient (Wildman–Crippen LogP) is 0.937. The highest BCUT2D eigenvalue weighted by Crippen LogP contribution is 1.97. The van der Waals surface area contributed by atoms with E-state index < -0.39 is 6.04 Å². The summed E-state index contributed by atoms with van der Waals surface area (Å²) in [6, 6.07) is 9.21. The van der Waals surface area contributed by atoms with Crippen LogP contribution in [0.2, 0.25) is 0 Å². The van der Waals surface area contributed by atoms with E-state index >= 15 is 0 Å². The highest BCUT2D eigenvalue weighted by molar-refractivity contribution is 5.82. The van der Waals surface area contributed by atoms with Crippen LogP contribution in [-0.4, -0.2) is 24.4 Å². The summed E-state index contributed by atoms with van der Waals surface area (Å²) in [5, 5.41) is 5.48. The van der Waals surface area contributed by atoms with Crippen molar-refractivity contribution in [3.05, 3.63) is 35.9 Å². The number of carbonyl (C=O) groups excluding carboxylic acids is 2. The smallest absolute Gasteiger partial charge is 0.236 e. The van der Waals surface area contributed by atoms with Crippen molar-refractivity contribution in [2.75, 3.05) is 6.54 Å². The van der Waals surface area contributed by atoms with Gasteiger partial charge in [-0.2, -0.15) is 0 Å². The molecule has 0 aliphatic rings. The maximum absolute atomic E-state index is 11.6. The fourth-order valence-corrected chi connectivity index (χ4v) is 1.76. The Kier molecular flexibility index (Phi) is 7.35. The molecule has 2 amide bonds. The molecule has 1 aromatic rings. The van der Waals surface area contributed by atoms with Crippen molar-refractivity contribution in [3.63, 3.8) is 0 Å². The maximum atomic E-state index is 11.6. The Morgan fingerprint density at radius 2 is 1.90 bits per heavy atom. The van der Waals surface area contributed by atoms with Crippen LogP contribution in [0.5, 0.6) is 0 Å². The fourth-order valence-electron chi connectivity index (χ4n) is 1.76. The van der Waals surface area contributed by atoms with Gasteiger partial charge in [0.25, 0.3) is 0 Å². The molecule has 1 unspecified atom stereocenters. The molecule has 0 heterocycles. The van der Waals surface area contributed by atoms with E-state index in [9.17, 15) is 9.59 Å². The third-order valence-corrected chi connectivity index (χ3v) is 2.92. The zero-order valence-corrected chi connectivity index (χ0v) is 11.9. The van der Waals surface area contributed by atoms with Crippen molar-refractivity contribution in [1.82, 2.24) is 10.6 Å². The van der Waals surface area contributed by atoms with Crippen molar-refractivity contribution in [3.8, 4) is 0 Å². The average molecular weight is 277 g/mol. The van der Waals surface area contributed by atoms with Crippen LogP contribution in [0.4, 0.5) is 0 Å². The largest absolute Gasteiger partial charge is 0.354 e. The van der Waals surface area contributed by atoms with Crippen molar-refractivity contribution >= 4 is 11.8 Å². The van der Waals surface area contributed by atoms with E-state index in [0.717, 1.165) is 12.0 Å². The van der Waals surface area contributed by atoms with Gasteiger partial charge in [0.15, 0.2) is 0 Å². The number of nitrogens with one attached hydrogen (secondary N) is 2. The van der Waals surface area contributed by atoms with Gasteiger partial charge in [0.05, 0.1) is 6.04 Å².